The van der Waals surface area contributed by atoms with Crippen LogP contribution in [0.4, 0.5) is 11.4 Å². The summed E-state index contributed by atoms with van der Waals surface area (Å²) in [4.78, 5) is 20.4. The molecule has 0 bridgehead atoms. The zero-order valence-corrected chi connectivity index (χ0v) is 12.2. The van der Waals surface area contributed by atoms with Crippen molar-refractivity contribution in [3.63, 3.8) is 0 Å². The molecule has 0 aliphatic carbocycles. The quantitative estimate of drug-likeness (QED) is 0.585. The number of thioether (sulfide) groups is 1. The van der Waals surface area contributed by atoms with Crippen LogP contribution in [0.2, 0.25) is 0 Å². The highest BCUT2D eigenvalue weighted by Gasteiger charge is 2.19. The Morgan fingerprint density at radius 1 is 1.30 bits per heavy atom. The van der Waals surface area contributed by atoms with E-state index in [2.05, 4.69) is 12.2 Å². The molecule has 0 fully saturated rings. The van der Waals surface area contributed by atoms with E-state index in [1.54, 1.807) is 11.8 Å². The third kappa shape index (κ3) is 4.78. The summed E-state index contributed by atoms with van der Waals surface area (Å²) in [5.41, 5.74) is -0.0361. The van der Waals surface area contributed by atoms with Crippen LogP contribution in [0, 0.1) is 20.2 Å². The molecule has 0 spiro atoms. The first-order valence-corrected chi connectivity index (χ1v) is 7.34. The van der Waals surface area contributed by atoms with E-state index in [1.165, 1.54) is 12.1 Å². The van der Waals surface area contributed by atoms with Crippen LogP contribution in [-0.4, -0.2) is 27.4 Å². The number of benzene rings is 1. The number of hydrogen-bond acceptors (Lipinski definition) is 6. The lowest BCUT2D eigenvalue weighted by Crippen LogP contribution is -2.28. The summed E-state index contributed by atoms with van der Waals surface area (Å²) in [6.45, 7) is 4.39. The maximum atomic E-state index is 11.0. The molecule has 0 saturated carbocycles. The molecule has 0 radical (unpaired) electrons. The van der Waals surface area contributed by atoms with E-state index in [-0.39, 0.29) is 17.4 Å². The number of nitro benzene ring substituents is 2. The second-order valence-electron chi connectivity index (χ2n) is 4.27. The normalized spacial score (nSPS) is 12.1. The van der Waals surface area contributed by atoms with Gasteiger partial charge in [0.05, 0.1) is 15.9 Å². The number of non-ortho nitro benzene ring substituents is 1. The van der Waals surface area contributed by atoms with Gasteiger partial charge in [-0.05, 0) is 18.7 Å². The van der Waals surface area contributed by atoms with E-state index < -0.39 is 9.85 Å². The van der Waals surface area contributed by atoms with Crippen molar-refractivity contribution in [1.82, 2.24) is 5.32 Å². The van der Waals surface area contributed by atoms with E-state index in [0.717, 1.165) is 17.6 Å². The van der Waals surface area contributed by atoms with Crippen LogP contribution in [-0.2, 0) is 6.54 Å². The molecule has 0 aliphatic heterocycles. The highest BCUT2D eigenvalue weighted by atomic mass is 32.2. The van der Waals surface area contributed by atoms with E-state index in [9.17, 15) is 20.2 Å². The molecule has 1 atom stereocenters. The second kappa shape index (κ2) is 7.81. The highest BCUT2D eigenvalue weighted by Crippen LogP contribution is 2.24. The number of nitrogens with one attached hydrogen (secondary N) is 1. The lowest BCUT2D eigenvalue weighted by Gasteiger charge is -2.13. The van der Waals surface area contributed by atoms with Crippen LogP contribution in [0.15, 0.2) is 18.2 Å². The lowest BCUT2D eigenvalue weighted by molar-refractivity contribution is -0.394. The molecule has 7 nitrogen and oxygen atoms in total. The molecule has 1 N–H and O–H groups in total. The monoisotopic (exact) mass is 299 g/mol. The molecule has 0 aliphatic rings. The Balaban J connectivity index is 2.79. The largest absolute Gasteiger partial charge is 0.309 e. The highest BCUT2D eigenvalue weighted by molar-refractivity contribution is 7.99. The number of hydrogen-bond donors (Lipinski definition) is 1. The van der Waals surface area contributed by atoms with Gasteiger partial charge in [0.15, 0.2) is 0 Å². The molecule has 0 amide bonds. The van der Waals surface area contributed by atoms with Crippen LogP contribution in [0.3, 0.4) is 0 Å². The van der Waals surface area contributed by atoms with Crippen LogP contribution in [0.5, 0.6) is 0 Å². The molecular weight excluding hydrogens is 282 g/mol. The first-order valence-electron chi connectivity index (χ1n) is 6.18. The van der Waals surface area contributed by atoms with Crippen molar-refractivity contribution < 1.29 is 9.85 Å². The summed E-state index contributed by atoms with van der Waals surface area (Å²) in [6, 6.07) is 3.94. The fourth-order valence-corrected chi connectivity index (χ4v) is 2.33. The van der Waals surface area contributed by atoms with E-state index in [1.807, 2.05) is 6.92 Å². The van der Waals surface area contributed by atoms with Crippen molar-refractivity contribution in [3.05, 3.63) is 44.0 Å². The zero-order chi connectivity index (χ0) is 15.1. The predicted octanol–water partition coefficient (Wildman–Crippen LogP) is 2.73. The average Bonchev–Trinajstić information content (AvgIpc) is 2.42. The van der Waals surface area contributed by atoms with Crippen LogP contribution < -0.4 is 5.32 Å². The molecule has 8 heteroatoms. The lowest BCUT2D eigenvalue weighted by atomic mass is 10.1. The maximum absolute atomic E-state index is 11.0. The van der Waals surface area contributed by atoms with Gasteiger partial charge in [0.1, 0.15) is 0 Å². The maximum Gasteiger partial charge on any atom is 0.280 e. The topological polar surface area (TPSA) is 98.3 Å². The molecule has 1 unspecified atom stereocenters. The SMILES string of the molecule is CCSCC(C)NCc1ccc([N+](=O)[O-])cc1[N+](=O)[O-]. The first-order chi connectivity index (χ1) is 9.45. The zero-order valence-electron chi connectivity index (χ0n) is 11.4. The molecular formula is C12H17N3O4S. The standard InChI is InChI=1S/C12H17N3O4S/c1-3-20-8-9(2)13-7-10-4-5-11(14(16)17)6-12(10)15(18)19/h4-6,9,13H,3,7-8H2,1-2H3. The van der Waals surface area contributed by atoms with Crippen LogP contribution in [0.25, 0.3) is 0 Å². The van der Waals surface area contributed by atoms with Gasteiger partial charge in [0.25, 0.3) is 11.4 Å². The molecule has 110 valence electrons. The Morgan fingerprint density at radius 3 is 2.55 bits per heavy atom. The fraction of sp³-hybridized carbons (Fsp3) is 0.500. The number of rotatable bonds is 8. The summed E-state index contributed by atoms with van der Waals surface area (Å²) >= 11 is 1.78. The molecule has 0 saturated heterocycles. The summed E-state index contributed by atoms with van der Waals surface area (Å²) in [6.07, 6.45) is 0. The van der Waals surface area contributed by atoms with Gasteiger partial charge in [-0.1, -0.05) is 6.92 Å². The van der Waals surface area contributed by atoms with Gasteiger partial charge >= 0.3 is 0 Å². The molecule has 1 rings (SSSR count). The summed E-state index contributed by atoms with van der Waals surface area (Å²) < 4.78 is 0. The Morgan fingerprint density at radius 2 is 2.00 bits per heavy atom. The van der Waals surface area contributed by atoms with Crippen molar-refractivity contribution in [3.8, 4) is 0 Å². The van der Waals surface area contributed by atoms with Gasteiger partial charge in [-0.3, -0.25) is 20.2 Å². The van der Waals surface area contributed by atoms with Crippen molar-refractivity contribution in [2.75, 3.05) is 11.5 Å². The van der Waals surface area contributed by atoms with Crippen molar-refractivity contribution in [2.24, 2.45) is 0 Å². The minimum absolute atomic E-state index is 0.217. The van der Waals surface area contributed by atoms with Crippen molar-refractivity contribution in [1.29, 1.82) is 0 Å². The van der Waals surface area contributed by atoms with E-state index in [0.29, 0.717) is 12.1 Å². The predicted molar refractivity (Wildman–Crippen MR) is 79.1 cm³/mol. The third-order valence-electron chi connectivity index (χ3n) is 2.69. The van der Waals surface area contributed by atoms with Crippen molar-refractivity contribution in [2.45, 2.75) is 26.4 Å². The van der Waals surface area contributed by atoms with Gasteiger partial charge in [-0.25, -0.2) is 0 Å². The average molecular weight is 299 g/mol. The van der Waals surface area contributed by atoms with E-state index in [4.69, 9.17) is 0 Å². The Labute approximate surface area is 121 Å². The third-order valence-corrected chi connectivity index (χ3v) is 3.83. The summed E-state index contributed by atoms with van der Waals surface area (Å²) in [5, 5.41) is 24.8. The minimum atomic E-state index is -0.634. The summed E-state index contributed by atoms with van der Waals surface area (Å²) in [5.74, 6) is 1.93. The molecule has 1 aromatic rings. The Hall–Kier alpha value is -1.67. The summed E-state index contributed by atoms with van der Waals surface area (Å²) in [7, 11) is 0. The fourth-order valence-electron chi connectivity index (χ4n) is 1.62. The van der Waals surface area contributed by atoms with Crippen LogP contribution >= 0.6 is 11.8 Å². The molecule has 1 aromatic carbocycles. The van der Waals surface area contributed by atoms with Crippen LogP contribution in [0.1, 0.15) is 19.4 Å². The van der Waals surface area contributed by atoms with Gasteiger partial charge in [0.2, 0.25) is 0 Å². The first kappa shape index (κ1) is 16.4. The Kier molecular flexibility index (Phi) is 6.40. The second-order valence-corrected chi connectivity index (χ2v) is 5.59. The molecule has 0 aromatic heterocycles. The molecule has 20 heavy (non-hydrogen) atoms. The Bertz CT molecular complexity index is 496. The van der Waals surface area contributed by atoms with Gasteiger partial charge in [-0.15, -0.1) is 0 Å². The van der Waals surface area contributed by atoms with E-state index >= 15 is 0 Å². The number of nitro groups is 2. The van der Waals surface area contributed by atoms with Gasteiger partial charge in [-0.2, -0.15) is 11.8 Å². The number of nitrogens with zero attached hydrogens (tertiary/aromatic N) is 2. The smallest absolute Gasteiger partial charge is 0.280 e. The minimum Gasteiger partial charge on any atom is -0.309 e. The molecule has 0 heterocycles. The van der Waals surface area contributed by atoms with Gasteiger partial charge < -0.3 is 5.32 Å². The van der Waals surface area contributed by atoms with Gasteiger partial charge in [0, 0.05) is 30.0 Å². The van der Waals surface area contributed by atoms with Crippen molar-refractivity contribution >= 4 is 23.1 Å².